The van der Waals surface area contributed by atoms with Gasteiger partial charge in [0.2, 0.25) is 0 Å². The predicted octanol–water partition coefficient (Wildman–Crippen LogP) is 1.75. The average Bonchev–Trinajstić information content (AvgIpc) is 3.05. The number of tetrazole rings is 1. The molecule has 1 unspecified atom stereocenters. The number of nitrogens with zero attached hydrogens (tertiary/aromatic N) is 4. The lowest BCUT2D eigenvalue weighted by molar-refractivity contribution is 0.0939. The highest BCUT2D eigenvalue weighted by atomic mass is 35.5. The summed E-state index contributed by atoms with van der Waals surface area (Å²) in [7, 11) is 0. The van der Waals surface area contributed by atoms with Crippen LogP contribution in [0.15, 0.2) is 18.2 Å². The van der Waals surface area contributed by atoms with Crippen molar-refractivity contribution in [3.63, 3.8) is 0 Å². The summed E-state index contributed by atoms with van der Waals surface area (Å²) in [6.45, 7) is 1.47. The molecule has 0 spiro atoms. The molecule has 2 N–H and O–H groups in total. The highest BCUT2D eigenvalue weighted by Crippen LogP contribution is 2.26. The Labute approximate surface area is 115 Å². The zero-order chi connectivity index (χ0) is 13.2. The van der Waals surface area contributed by atoms with Crippen LogP contribution in [-0.4, -0.2) is 32.9 Å². The van der Waals surface area contributed by atoms with Crippen LogP contribution in [0.1, 0.15) is 12.8 Å². The van der Waals surface area contributed by atoms with Gasteiger partial charge in [0.15, 0.2) is 5.82 Å². The van der Waals surface area contributed by atoms with Crippen LogP contribution in [0.2, 0.25) is 5.02 Å². The van der Waals surface area contributed by atoms with Crippen LogP contribution >= 0.6 is 11.6 Å². The molecule has 1 saturated heterocycles. The Morgan fingerprint density at radius 1 is 1.47 bits per heavy atom. The summed E-state index contributed by atoms with van der Waals surface area (Å²) >= 11 is 6.03. The first-order chi connectivity index (χ1) is 9.24. The van der Waals surface area contributed by atoms with Crippen molar-refractivity contribution >= 4 is 17.3 Å². The first-order valence-electron chi connectivity index (χ1n) is 6.17. The lowest BCUT2D eigenvalue weighted by Crippen LogP contribution is -2.17. The van der Waals surface area contributed by atoms with Crippen LogP contribution < -0.4 is 5.73 Å². The zero-order valence-electron chi connectivity index (χ0n) is 10.3. The summed E-state index contributed by atoms with van der Waals surface area (Å²) in [6.07, 6.45) is 2.32. The molecule has 0 aliphatic carbocycles. The van der Waals surface area contributed by atoms with Crippen molar-refractivity contribution in [3.05, 3.63) is 23.2 Å². The van der Waals surface area contributed by atoms with E-state index in [9.17, 15) is 0 Å². The molecule has 1 atom stereocenters. The molecular formula is C12H14ClN5O. The van der Waals surface area contributed by atoms with Gasteiger partial charge in [0.25, 0.3) is 0 Å². The number of aromatic nitrogens is 4. The molecule has 100 valence electrons. The molecule has 1 aromatic carbocycles. The van der Waals surface area contributed by atoms with Gasteiger partial charge < -0.3 is 10.5 Å². The van der Waals surface area contributed by atoms with Gasteiger partial charge in [-0.05, 0) is 41.5 Å². The van der Waals surface area contributed by atoms with Crippen molar-refractivity contribution in [2.45, 2.75) is 25.5 Å². The number of benzene rings is 1. The third-order valence-electron chi connectivity index (χ3n) is 3.19. The third kappa shape index (κ3) is 2.54. The smallest absolute Gasteiger partial charge is 0.182 e. The molecule has 1 aliphatic rings. The maximum atomic E-state index is 6.03. The summed E-state index contributed by atoms with van der Waals surface area (Å²) in [5, 5.41) is 12.3. The molecule has 2 aromatic rings. The van der Waals surface area contributed by atoms with Crippen molar-refractivity contribution in [1.29, 1.82) is 0 Å². The summed E-state index contributed by atoms with van der Waals surface area (Å²) in [6, 6.07) is 5.39. The quantitative estimate of drug-likeness (QED) is 0.866. The molecule has 1 fully saturated rings. The molecule has 6 nitrogen and oxygen atoms in total. The lowest BCUT2D eigenvalue weighted by atomic mass is 10.2. The third-order valence-corrected chi connectivity index (χ3v) is 3.52. The molecular weight excluding hydrogens is 266 g/mol. The van der Waals surface area contributed by atoms with E-state index in [1.165, 1.54) is 0 Å². The van der Waals surface area contributed by atoms with E-state index in [0.29, 0.717) is 23.1 Å². The number of hydrogen-bond acceptors (Lipinski definition) is 5. The first kappa shape index (κ1) is 12.4. The maximum absolute atomic E-state index is 6.03. The number of halogens is 1. The number of nitrogen functional groups attached to an aromatic ring is 1. The summed E-state index contributed by atoms with van der Waals surface area (Å²) in [4.78, 5) is 0. The Morgan fingerprint density at radius 2 is 2.37 bits per heavy atom. The first-order valence-corrected chi connectivity index (χ1v) is 6.55. The molecule has 3 rings (SSSR count). The van der Waals surface area contributed by atoms with E-state index in [4.69, 9.17) is 22.1 Å². The molecule has 7 heteroatoms. The molecule has 0 saturated carbocycles. The molecule has 0 bridgehead atoms. The Bertz CT molecular complexity index is 579. The number of nitrogens with two attached hydrogens (primary N) is 1. The molecule has 1 aromatic heterocycles. The summed E-state index contributed by atoms with van der Waals surface area (Å²) < 4.78 is 7.35. The van der Waals surface area contributed by atoms with Crippen molar-refractivity contribution in [2.24, 2.45) is 0 Å². The highest BCUT2D eigenvalue weighted by molar-refractivity contribution is 6.33. The minimum atomic E-state index is 0.187. The summed E-state index contributed by atoms with van der Waals surface area (Å²) in [5.41, 5.74) is 7.10. The Kier molecular flexibility index (Phi) is 3.35. The average molecular weight is 280 g/mol. The van der Waals surface area contributed by atoms with Crippen molar-refractivity contribution in [3.8, 4) is 11.4 Å². The number of rotatable bonds is 3. The molecule has 0 radical (unpaired) electrons. The Morgan fingerprint density at radius 3 is 3.11 bits per heavy atom. The van der Waals surface area contributed by atoms with E-state index in [0.717, 1.165) is 25.0 Å². The number of anilines is 1. The van der Waals surface area contributed by atoms with Gasteiger partial charge in [0.05, 0.1) is 23.4 Å². The van der Waals surface area contributed by atoms with Gasteiger partial charge in [-0.15, -0.1) is 5.10 Å². The van der Waals surface area contributed by atoms with E-state index in [1.807, 2.05) is 6.07 Å². The molecule has 1 aliphatic heterocycles. The van der Waals surface area contributed by atoms with Crippen molar-refractivity contribution in [1.82, 2.24) is 20.2 Å². The van der Waals surface area contributed by atoms with Gasteiger partial charge >= 0.3 is 0 Å². The number of ether oxygens (including phenoxy) is 1. The van der Waals surface area contributed by atoms with Crippen LogP contribution in [0.5, 0.6) is 0 Å². The van der Waals surface area contributed by atoms with Gasteiger partial charge in [-0.1, -0.05) is 11.6 Å². The van der Waals surface area contributed by atoms with Gasteiger partial charge in [-0.2, -0.15) is 0 Å². The normalized spacial score (nSPS) is 18.9. The molecule has 0 amide bonds. The van der Waals surface area contributed by atoms with E-state index in [-0.39, 0.29) is 6.10 Å². The second-order valence-corrected chi connectivity index (χ2v) is 4.96. The fourth-order valence-electron chi connectivity index (χ4n) is 2.18. The van der Waals surface area contributed by atoms with E-state index in [1.54, 1.807) is 16.8 Å². The monoisotopic (exact) mass is 279 g/mol. The predicted molar refractivity (Wildman–Crippen MR) is 71.6 cm³/mol. The van der Waals surface area contributed by atoms with Gasteiger partial charge in [-0.25, -0.2) is 4.68 Å². The van der Waals surface area contributed by atoms with Crippen molar-refractivity contribution in [2.75, 3.05) is 12.3 Å². The largest absolute Gasteiger partial charge is 0.398 e. The fourth-order valence-corrected chi connectivity index (χ4v) is 2.36. The summed E-state index contributed by atoms with van der Waals surface area (Å²) in [5.74, 6) is 0.678. The lowest BCUT2D eigenvalue weighted by Gasteiger charge is -2.10. The van der Waals surface area contributed by atoms with Crippen LogP contribution in [0.25, 0.3) is 11.4 Å². The molecule has 2 heterocycles. The second-order valence-electron chi connectivity index (χ2n) is 4.56. The van der Waals surface area contributed by atoms with Gasteiger partial charge in [0, 0.05) is 12.2 Å². The van der Waals surface area contributed by atoms with Gasteiger partial charge in [-0.3, -0.25) is 0 Å². The van der Waals surface area contributed by atoms with E-state index < -0.39 is 0 Å². The van der Waals surface area contributed by atoms with E-state index in [2.05, 4.69) is 15.5 Å². The Hall–Kier alpha value is -1.66. The SMILES string of the molecule is Nc1ccc(-c2nnnn2CC2CCCO2)cc1Cl. The zero-order valence-corrected chi connectivity index (χ0v) is 11.0. The van der Waals surface area contributed by atoms with Crippen LogP contribution in [0.4, 0.5) is 5.69 Å². The minimum absolute atomic E-state index is 0.187. The van der Waals surface area contributed by atoms with Crippen molar-refractivity contribution < 1.29 is 4.74 Å². The highest BCUT2D eigenvalue weighted by Gasteiger charge is 2.19. The standard InChI is InChI=1S/C12H14ClN5O/c13-10-6-8(3-4-11(10)14)12-15-16-17-18(12)7-9-2-1-5-19-9/h3-4,6,9H,1-2,5,7,14H2. The second kappa shape index (κ2) is 5.14. The minimum Gasteiger partial charge on any atom is -0.398 e. The van der Waals surface area contributed by atoms with E-state index >= 15 is 0 Å². The topological polar surface area (TPSA) is 78.9 Å². The van der Waals surface area contributed by atoms with Crippen LogP contribution in [0.3, 0.4) is 0 Å². The maximum Gasteiger partial charge on any atom is 0.182 e. The fraction of sp³-hybridized carbons (Fsp3) is 0.417. The van der Waals surface area contributed by atoms with Gasteiger partial charge in [0.1, 0.15) is 0 Å². The van der Waals surface area contributed by atoms with Crippen LogP contribution in [-0.2, 0) is 11.3 Å². The van der Waals surface area contributed by atoms with Crippen LogP contribution in [0, 0.1) is 0 Å². The number of hydrogen-bond donors (Lipinski definition) is 1. The molecule has 19 heavy (non-hydrogen) atoms. The Balaban J connectivity index is 1.87.